The summed E-state index contributed by atoms with van der Waals surface area (Å²) >= 11 is 0. The molecule has 7 heteroatoms. The number of carboxylic acid groups (broad SMARTS) is 1. The maximum Gasteiger partial charge on any atom is 1.00 e. The molecule has 0 radical (unpaired) electrons. The summed E-state index contributed by atoms with van der Waals surface area (Å²) in [5, 5.41) is 11.0. The molecule has 1 saturated heterocycles. The van der Waals surface area contributed by atoms with Gasteiger partial charge in [-0.25, -0.2) is 4.98 Å². The Bertz CT molecular complexity index is 989. The van der Waals surface area contributed by atoms with Crippen LogP contribution in [0.4, 0.5) is 0 Å². The first-order chi connectivity index (χ1) is 11.6. The standard InChI is InChI=1S/C18H13N3O3.Na/c22-17-13(14-5-6-15(18(23)24)21(14)17)7-11-9-20-8-10-3-1-2-4-12(10)16(20)19-11;/h1-4,6-7,9,14H,5,8H2,(H,23,24);/q;+1/p-1/b13-7+;. The Morgan fingerprint density at radius 2 is 2.12 bits per heavy atom. The van der Waals surface area contributed by atoms with Crippen molar-refractivity contribution in [1.29, 1.82) is 0 Å². The molecule has 1 atom stereocenters. The molecule has 0 saturated carbocycles. The largest absolute Gasteiger partial charge is 1.00 e. The normalized spacial score (nSPS) is 21.2. The molecule has 6 nitrogen and oxygen atoms in total. The number of rotatable bonds is 2. The van der Waals surface area contributed by atoms with Gasteiger partial charge in [-0.1, -0.05) is 30.3 Å². The average molecular weight is 341 g/mol. The van der Waals surface area contributed by atoms with Crippen LogP contribution in [-0.2, 0) is 16.1 Å². The van der Waals surface area contributed by atoms with Crippen LogP contribution in [0, 0.1) is 0 Å². The number of amides is 1. The van der Waals surface area contributed by atoms with Gasteiger partial charge in [0.15, 0.2) is 0 Å². The van der Waals surface area contributed by atoms with Crippen molar-refractivity contribution < 1.29 is 44.3 Å². The van der Waals surface area contributed by atoms with Gasteiger partial charge in [-0.2, -0.15) is 0 Å². The van der Waals surface area contributed by atoms with Crippen LogP contribution in [0.1, 0.15) is 17.7 Å². The molecule has 1 fully saturated rings. The maximum absolute atomic E-state index is 12.2. The Hall–Kier alpha value is -2.15. The van der Waals surface area contributed by atoms with E-state index in [1.165, 1.54) is 10.5 Å². The van der Waals surface area contributed by atoms with Gasteiger partial charge in [-0.3, -0.25) is 9.69 Å². The van der Waals surface area contributed by atoms with Crippen molar-refractivity contribution in [3.05, 3.63) is 59.1 Å². The predicted octanol–water partition coefficient (Wildman–Crippen LogP) is -2.45. The number of β-lactam (4-membered cyclic amide) rings is 1. The molecule has 4 heterocycles. The number of carbonyl (C=O) groups excluding carboxylic acids is 2. The van der Waals surface area contributed by atoms with Crippen LogP contribution in [0.15, 0.2) is 47.8 Å². The first-order valence-electron chi connectivity index (χ1n) is 7.75. The number of hydrogen-bond acceptors (Lipinski definition) is 4. The van der Waals surface area contributed by atoms with E-state index >= 15 is 0 Å². The van der Waals surface area contributed by atoms with Crippen LogP contribution in [-0.4, -0.2) is 32.4 Å². The fraction of sp³-hybridized carbons (Fsp3) is 0.167. The summed E-state index contributed by atoms with van der Waals surface area (Å²) in [6.45, 7) is 0.779. The Balaban J connectivity index is 0.00000157. The molecule has 118 valence electrons. The molecule has 0 bridgehead atoms. The van der Waals surface area contributed by atoms with Crippen molar-refractivity contribution in [3.63, 3.8) is 0 Å². The van der Waals surface area contributed by atoms with Gasteiger partial charge >= 0.3 is 29.6 Å². The number of nitrogens with zero attached hydrogens (tertiary/aromatic N) is 3. The van der Waals surface area contributed by atoms with Crippen molar-refractivity contribution in [2.45, 2.75) is 19.0 Å². The fourth-order valence-electron chi connectivity index (χ4n) is 3.73. The van der Waals surface area contributed by atoms with Crippen molar-refractivity contribution in [2.24, 2.45) is 0 Å². The minimum atomic E-state index is -1.30. The fourth-order valence-corrected chi connectivity index (χ4v) is 3.73. The van der Waals surface area contributed by atoms with E-state index in [4.69, 9.17) is 0 Å². The van der Waals surface area contributed by atoms with Crippen LogP contribution < -0.4 is 34.7 Å². The van der Waals surface area contributed by atoms with Gasteiger partial charge in [-0.05, 0) is 18.1 Å². The summed E-state index contributed by atoms with van der Waals surface area (Å²) < 4.78 is 2.07. The molecule has 25 heavy (non-hydrogen) atoms. The monoisotopic (exact) mass is 341 g/mol. The zero-order chi connectivity index (χ0) is 16.4. The van der Waals surface area contributed by atoms with Crippen LogP contribution in [0.5, 0.6) is 0 Å². The van der Waals surface area contributed by atoms with Crippen molar-refractivity contribution in [1.82, 2.24) is 14.5 Å². The molecule has 0 aliphatic carbocycles. The van der Waals surface area contributed by atoms with Crippen LogP contribution in [0.2, 0.25) is 0 Å². The number of aromatic nitrogens is 2. The molecule has 0 N–H and O–H groups in total. The van der Waals surface area contributed by atoms with Gasteiger partial charge in [-0.15, -0.1) is 0 Å². The summed E-state index contributed by atoms with van der Waals surface area (Å²) in [4.78, 5) is 29.2. The third-order valence-corrected chi connectivity index (χ3v) is 4.84. The topological polar surface area (TPSA) is 78.3 Å². The molecule has 1 aromatic heterocycles. The molecular formula is C18H12N3NaO3. The quantitative estimate of drug-likeness (QED) is 0.294. The number of benzene rings is 1. The van der Waals surface area contributed by atoms with Crippen LogP contribution in [0.25, 0.3) is 17.5 Å². The Labute approximate surface area is 165 Å². The van der Waals surface area contributed by atoms with E-state index in [1.54, 1.807) is 12.2 Å². The second kappa shape index (κ2) is 5.69. The van der Waals surface area contributed by atoms with Gasteiger partial charge in [0.1, 0.15) is 5.82 Å². The Kier molecular flexibility index (Phi) is 3.72. The third kappa shape index (κ3) is 2.25. The second-order valence-corrected chi connectivity index (χ2v) is 6.18. The predicted molar refractivity (Wildman–Crippen MR) is 83.1 cm³/mol. The first-order valence-corrected chi connectivity index (χ1v) is 7.75. The van der Waals surface area contributed by atoms with Gasteiger partial charge in [0, 0.05) is 23.9 Å². The van der Waals surface area contributed by atoms with E-state index in [1.807, 2.05) is 24.4 Å². The zero-order valence-corrected chi connectivity index (χ0v) is 15.6. The minimum absolute atomic E-state index is 0. The van der Waals surface area contributed by atoms with Crippen LogP contribution >= 0.6 is 0 Å². The molecule has 5 rings (SSSR count). The van der Waals surface area contributed by atoms with Crippen molar-refractivity contribution in [3.8, 4) is 11.4 Å². The van der Waals surface area contributed by atoms with E-state index in [0.717, 1.165) is 23.6 Å². The molecule has 2 aromatic rings. The van der Waals surface area contributed by atoms with Crippen molar-refractivity contribution in [2.75, 3.05) is 0 Å². The van der Waals surface area contributed by atoms with Gasteiger partial charge in [0.05, 0.1) is 23.4 Å². The summed E-state index contributed by atoms with van der Waals surface area (Å²) in [6, 6.07) is 7.93. The first kappa shape index (κ1) is 16.3. The average Bonchev–Trinajstić information content (AvgIpc) is 3.22. The second-order valence-electron chi connectivity index (χ2n) is 6.18. The van der Waals surface area contributed by atoms with Crippen LogP contribution in [0.3, 0.4) is 0 Å². The molecule has 0 spiro atoms. The van der Waals surface area contributed by atoms with E-state index in [-0.39, 0.29) is 47.2 Å². The third-order valence-electron chi connectivity index (χ3n) is 4.84. The number of hydrogen-bond donors (Lipinski definition) is 0. The molecule has 3 aliphatic rings. The SMILES string of the molecule is O=C([O-])C1=CCC2/C(=C\c3cn4c(n3)-c3ccccc3C4)C(=O)N12.[Na+]. The molecule has 1 unspecified atom stereocenters. The number of imidazole rings is 1. The minimum Gasteiger partial charge on any atom is -0.543 e. The summed E-state index contributed by atoms with van der Waals surface area (Å²) in [5.74, 6) is -0.676. The Morgan fingerprint density at radius 3 is 2.92 bits per heavy atom. The summed E-state index contributed by atoms with van der Waals surface area (Å²) in [7, 11) is 0. The van der Waals surface area contributed by atoms with Gasteiger partial charge in [0.2, 0.25) is 0 Å². The molecule has 1 aromatic carbocycles. The molecule has 3 aliphatic heterocycles. The van der Waals surface area contributed by atoms with E-state index < -0.39 is 5.97 Å². The van der Waals surface area contributed by atoms with E-state index in [0.29, 0.717) is 12.0 Å². The molecular weight excluding hydrogens is 329 g/mol. The smallest absolute Gasteiger partial charge is 0.543 e. The van der Waals surface area contributed by atoms with Crippen molar-refractivity contribution >= 4 is 18.0 Å². The Morgan fingerprint density at radius 1 is 1.32 bits per heavy atom. The van der Waals surface area contributed by atoms with Gasteiger partial charge < -0.3 is 14.5 Å². The number of carboxylic acids is 1. The molecule has 1 amide bonds. The number of fused-ring (bicyclic) bond motifs is 4. The van der Waals surface area contributed by atoms with E-state index in [2.05, 4.69) is 15.6 Å². The summed E-state index contributed by atoms with van der Waals surface area (Å²) in [6.07, 6.45) is 5.75. The van der Waals surface area contributed by atoms with E-state index in [9.17, 15) is 14.7 Å². The number of carbonyl (C=O) groups is 2. The summed E-state index contributed by atoms with van der Waals surface area (Å²) in [5.41, 5.74) is 3.66. The zero-order valence-electron chi connectivity index (χ0n) is 13.6. The van der Waals surface area contributed by atoms with Gasteiger partial charge in [0.25, 0.3) is 5.91 Å². The number of aliphatic carboxylic acids is 1. The maximum atomic E-state index is 12.2.